The fraction of sp³-hybridized carbons (Fsp3) is 0.143. The van der Waals surface area contributed by atoms with Gasteiger partial charge in [-0.2, -0.15) is 4.31 Å². The molecule has 1 aliphatic heterocycles. The van der Waals surface area contributed by atoms with Crippen LogP contribution in [0.2, 0.25) is 5.02 Å². The fourth-order valence-corrected chi connectivity index (χ4v) is 5.40. The highest BCUT2D eigenvalue weighted by Gasteiger charge is 2.58. The first-order chi connectivity index (χ1) is 13.8. The predicted molar refractivity (Wildman–Crippen MR) is 110 cm³/mol. The zero-order valence-electron chi connectivity index (χ0n) is 15.4. The second-order valence-corrected chi connectivity index (χ2v) is 9.18. The standard InChI is InChI=1S/C21H17ClN2O4S/c1-14-6-12-17(13-7-14)29(27,28)23-20(15-8-10-16(22)11-9-15)21(23)18-4-2-3-5-19(18)24(25)26/h2-13,20-21H,1H3/t20-,21-,23?/m0/s1. The van der Waals surface area contributed by atoms with Gasteiger partial charge < -0.3 is 0 Å². The van der Waals surface area contributed by atoms with Crippen molar-refractivity contribution in [3.8, 4) is 0 Å². The molecule has 1 heterocycles. The Morgan fingerprint density at radius 1 is 0.931 bits per heavy atom. The summed E-state index contributed by atoms with van der Waals surface area (Å²) in [6, 6.07) is 18.5. The molecule has 6 nitrogen and oxygen atoms in total. The average molecular weight is 429 g/mol. The Kier molecular flexibility index (Phi) is 4.90. The lowest BCUT2D eigenvalue weighted by Crippen LogP contribution is -2.14. The zero-order chi connectivity index (χ0) is 20.8. The summed E-state index contributed by atoms with van der Waals surface area (Å²) in [5.74, 6) is 0. The topological polar surface area (TPSA) is 80.3 Å². The van der Waals surface area contributed by atoms with Gasteiger partial charge in [0.1, 0.15) is 0 Å². The van der Waals surface area contributed by atoms with Crippen molar-refractivity contribution in [1.29, 1.82) is 0 Å². The van der Waals surface area contributed by atoms with Gasteiger partial charge in [0.15, 0.2) is 0 Å². The minimum Gasteiger partial charge on any atom is -0.258 e. The number of nitro benzene ring substituents is 1. The molecule has 0 amide bonds. The highest BCUT2D eigenvalue weighted by Crippen LogP contribution is 2.59. The first kappa shape index (κ1) is 19.6. The van der Waals surface area contributed by atoms with Gasteiger partial charge in [0.2, 0.25) is 10.0 Å². The smallest absolute Gasteiger partial charge is 0.258 e. The molecule has 0 aromatic heterocycles. The van der Waals surface area contributed by atoms with Crippen LogP contribution in [-0.4, -0.2) is 17.6 Å². The van der Waals surface area contributed by atoms with Crippen molar-refractivity contribution < 1.29 is 13.3 Å². The van der Waals surface area contributed by atoms with E-state index >= 15 is 0 Å². The first-order valence-corrected chi connectivity index (χ1v) is 10.7. The van der Waals surface area contributed by atoms with E-state index in [1.165, 1.54) is 10.4 Å². The van der Waals surface area contributed by atoms with Crippen molar-refractivity contribution in [3.05, 3.63) is 105 Å². The number of hydrogen-bond donors (Lipinski definition) is 0. The summed E-state index contributed by atoms with van der Waals surface area (Å²) in [7, 11) is -3.85. The lowest BCUT2D eigenvalue weighted by molar-refractivity contribution is -0.385. The van der Waals surface area contributed by atoms with Crippen molar-refractivity contribution in [2.45, 2.75) is 23.9 Å². The summed E-state index contributed by atoms with van der Waals surface area (Å²) >= 11 is 5.97. The predicted octanol–water partition coefficient (Wildman–Crippen LogP) is 5.04. The van der Waals surface area contributed by atoms with Gasteiger partial charge in [-0.05, 0) is 36.8 Å². The number of halogens is 1. The molecule has 0 saturated carbocycles. The second-order valence-electron chi connectivity index (χ2n) is 6.91. The van der Waals surface area contributed by atoms with E-state index in [-0.39, 0.29) is 10.6 Å². The SMILES string of the molecule is Cc1ccc(S(=O)(=O)N2[C@@H](c3ccc(Cl)cc3)[C@@H]2c2ccccc2[N+](=O)[O-])cc1. The second kappa shape index (κ2) is 7.26. The largest absolute Gasteiger partial charge is 0.274 e. The van der Waals surface area contributed by atoms with Gasteiger partial charge in [0.05, 0.1) is 27.5 Å². The average Bonchev–Trinajstić information content (AvgIpc) is 3.45. The van der Waals surface area contributed by atoms with Crippen LogP contribution in [0.1, 0.15) is 28.8 Å². The number of benzene rings is 3. The number of rotatable bonds is 5. The lowest BCUT2D eigenvalue weighted by Gasteiger charge is -2.08. The van der Waals surface area contributed by atoms with Crippen LogP contribution in [0.3, 0.4) is 0 Å². The summed E-state index contributed by atoms with van der Waals surface area (Å²) < 4.78 is 28.0. The number of para-hydroxylation sites is 1. The number of hydrogen-bond acceptors (Lipinski definition) is 4. The Morgan fingerprint density at radius 3 is 2.17 bits per heavy atom. The minimum absolute atomic E-state index is 0.0990. The van der Waals surface area contributed by atoms with Crippen LogP contribution in [0.15, 0.2) is 77.7 Å². The maximum absolute atomic E-state index is 13.4. The van der Waals surface area contributed by atoms with Crippen LogP contribution in [0, 0.1) is 17.0 Å². The molecule has 8 heteroatoms. The van der Waals surface area contributed by atoms with E-state index in [1.807, 2.05) is 6.92 Å². The molecule has 1 saturated heterocycles. The third-order valence-corrected chi connectivity index (χ3v) is 7.15. The molecular weight excluding hydrogens is 412 g/mol. The van der Waals surface area contributed by atoms with Gasteiger partial charge in [-0.25, -0.2) is 8.42 Å². The van der Waals surface area contributed by atoms with Crippen molar-refractivity contribution in [1.82, 2.24) is 4.31 Å². The number of aryl methyl sites for hydroxylation is 1. The molecule has 1 aliphatic rings. The maximum Gasteiger partial charge on any atom is 0.274 e. The van der Waals surface area contributed by atoms with Crippen molar-refractivity contribution in [2.75, 3.05) is 0 Å². The van der Waals surface area contributed by atoms with Crippen LogP contribution in [0.25, 0.3) is 0 Å². The molecule has 0 radical (unpaired) electrons. The Balaban J connectivity index is 1.83. The van der Waals surface area contributed by atoms with E-state index in [4.69, 9.17) is 11.6 Å². The first-order valence-electron chi connectivity index (χ1n) is 8.89. The normalized spacial score (nSPS) is 21.0. The molecule has 4 rings (SSSR count). The highest BCUT2D eigenvalue weighted by molar-refractivity contribution is 7.89. The number of nitrogens with zero attached hydrogens (tertiary/aromatic N) is 2. The van der Waals surface area contributed by atoms with Crippen LogP contribution in [0.4, 0.5) is 5.69 Å². The molecule has 3 aromatic carbocycles. The highest BCUT2D eigenvalue weighted by atomic mass is 35.5. The Hall–Kier alpha value is -2.74. The molecule has 0 aliphatic carbocycles. The molecular formula is C21H17ClN2O4S. The number of nitro groups is 1. The monoisotopic (exact) mass is 428 g/mol. The molecule has 29 heavy (non-hydrogen) atoms. The quantitative estimate of drug-likeness (QED) is 0.324. The molecule has 3 aromatic rings. The molecule has 148 valence electrons. The maximum atomic E-state index is 13.4. The van der Waals surface area contributed by atoms with Crippen molar-refractivity contribution in [3.63, 3.8) is 0 Å². The van der Waals surface area contributed by atoms with Crippen molar-refractivity contribution >= 4 is 27.3 Å². The van der Waals surface area contributed by atoms with Gasteiger partial charge >= 0.3 is 0 Å². The van der Waals surface area contributed by atoms with E-state index in [9.17, 15) is 18.5 Å². The van der Waals surface area contributed by atoms with Crippen LogP contribution in [0.5, 0.6) is 0 Å². The summed E-state index contributed by atoms with van der Waals surface area (Å²) in [5, 5.41) is 12.1. The fourth-order valence-electron chi connectivity index (χ4n) is 3.54. The van der Waals surface area contributed by atoms with Gasteiger partial charge in [0, 0.05) is 11.1 Å². The van der Waals surface area contributed by atoms with Gasteiger partial charge in [-0.15, -0.1) is 0 Å². The molecule has 1 fully saturated rings. The Morgan fingerprint density at radius 2 is 1.55 bits per heavy atom. The van der Waals surface area contributed by atoms with Crippen LogP contribution in [-0.2, 0) is 10.0 Å². The Bertz CT molecular complexity index is 1180. The summed E-state index contributed by atoms with van der Waals surface area (Å²) in [6.45, 7) is 1.88. The molecule has 3 atom stereocenters. The van der Waals surface area contributed by atoms with Gasteiger partial charge in [0.25, 0.3) is 5.69 Å². The third-order valence-electron chi connectivity index (χ3n) is 5.02. The van der Waals surface area contributed by atoms with E-state index in [2.05, 4.69) is 0 Å². The van der Waals surface area contributed by atoms with Gasteiger partial charge in [-0.3, -0.25) is 10.1 Å². The molecule has 0 bridgehead atoms. The van der Waals surface area contributed by atoms with E-state index in [0.717, 1.165) is 11.1 Å². The van der Waals surface area contributed by atoms with Gasteiger partial charge in [-0.1, -0.05) is 59.6 Å². The van der Waals surface area contributed by atoms with E-state index < -0.39 is 27.0 Å². The van der Waals surface area contributed by atoms with Crippen LogP contribution >= 0.6 is 11.6 Å². The van der Waals surface area contributed by atoms with Crippen LogP contribution < -0.4 is 0 Å². The summed E-state index contributed by atoms with van der Waals surface area (Å²) in [5.41, 5.74) is 1.94. The zero-order valence-corrected chi connectivity index (χ0v) is 17.0. The molecule has 0 N–H and O–H groups in total. The lowest BCUT2D eigenvalue weighted by atomic mass is 10.0. The summed E-state index contributed by atoms with van der Waals surface area (Å²) in [4.78, 5) is 11.2. The van der Waals surface area contributed by atoms with Crippen molar-refractivity contribution in [2.24, 2.45) is 0 Å². The summed E-state index contributed by atoms with van der Waals surface area (Å²) in [6.07, 6.45) is 0. The van der Waals surface area contributed by atoms with E-state index in [1.54, 1.807) is 66.7 Å². The number of sulfonamides is 1. The third kappa shape index (κ3) is 3.53. The Labute approximate surface area is 173 Å². The molecule has 0 spiro atoms. The molecule has 1 unspecified atom stereocenters. The minimum atomic E-state index is -3.85. The van der Waals surface area contributed by atoms with E-state index in [0.29, 0.717) is 10.6 Å².